The molecule has 0 spiro atoms. The number of para-hydroxylation sites is 1. The summed E-state index contributed by atoms with van der Waals surface area (Å²) in [6, 6.07) is 8.63. The number of hydrogen-bond donors (Lipinski definition) is 0. The van der Waals surface area contributed by atoms with Gasteiger partial charge in [0, 0.05) is 33.5 Å². The van der Waals surface area contributed by atoms with Gasteiger partial charge in [-0.1, -0.05) is 93.0 Å². The molecule has 0 aliphatic heterocycles. The number of rotatable bonds is 11. The normalized spacial score (nSPS) is 13.5. The van der Waals surface area contributed by atoms with Crippen LogP contribution >= 0.6 is 0 Å². The molecule has 0 radical (unpaired) electrons. The van der Waals surface area contributed by atoms with E-state index < -0.39 is 0 Å². The summed E-state index contributed by atoms with van der Waals surface area (Å²) < 4.78 is 4.63. The highest BCUT2D eigenvalue weighted by atomic mass is 15.0. The first kappa shape index (κ1) is 29.3. The van der Waals surface area contributed by atoms with E-state index in [1.54, 1.807) is 0 Å². The minimum Gasteiger partial charge on any atom is -0.310 e. The first-order chi connectivity index (χ1) is 19.1. The molecule has 39 heavy (non-hydrogen) atoms. The van der Waals surface area contributed by atoms with Crippen molar-refractivity contribution in [1.29, 1.82) is 0 Å². The van der Waals surface area contributed by atoms with Crippen molar-refractivity contribution in [2.75, 3.05) is 0 Å². The van der Waals surface area contributed by atoms with Crippen molar-refractivity contribution < 1.29 is 0 Å². The minimum absolute atomic E-state index is 0.984. The maximum absolute atomic E-state index is 4.26. The molecule has 2 aromatic heterocycles. The van der Waals surface area contributed by atoms with Crippen molar-refractivity contribution in [2.24, 2.45) is 0 Å². The van der Waals surface area contributed by atoms with Gasteiger partial charge in [0.1, 0.15) is 0 Å². The van der Waals surface area contributed by atoms with Gasteiger partial charge in [-0.15, -0.1) is 0 Å². The summed E-state index contributed by atoms with van der Waals surface area (Å²) in [6.45, 7) is 20.9. The lowest BCUT2D eigenvalue weighted by molar-refractivity contribution is 1.08. The maximum atomic E-state index is 4.26. The smallest absolute Gasteiger partial charge is 0.0540 e. The van der Waals surface area contributed by atoms with Crippen LogP contribution in [0.4, 0.5) is 0 Å². The monoisotopic (exact) mass is 514 g/mol. The molecule has 2 heterocycles. The van der Waals surface area contributed by atoms with Gasteiger partial charge in [0.2, 0.25) is 0 Å². The molecule has 2 nitrogen and oxygen atoms in total. The number of aromatic nitrogens is 2. The Morgan fingerprint density at radius 3 is 1.82 bits per heavy atom. The standard InChI is InChI=1S/C37H42N2/c1-9-17-24-32-33-25-18-19-26-37(33)39(36(32)23-13-5)29(15-7)27-28(14-6)38-34(21-11-3)30(16-8)31(20-10-2)35(38)22-12-4/h10-27H,6,8-9H2,1-5,7H3/b20-10-,21-11-,22-12-,23-13-,24-17-,28-27+,29-15+. The fourth-order valence-electron chi connectivity index (χ4n) is 5.06. The summed E-state index contributed by atoms with van der Waals surface area (Å²) in [5, 5.41) is 1.23. The molecular formula is C37H42N2. The zero-order valence-corrected chi connectivity index (χ0v) is 24.4. The van der Waals surface area contributed by atoms with Gasteiger partial charge in [-0.05, 0) is 77.5 Å². The van der Waals surface area contributed by atoms with E-state index in [4.69, 9.17) is 0 Å². The Balaban J connectivity index is 2.45. The highest BCUT2D eigenvalue weighted by molar-refractivity contribution is 5.98. The second-order valence-corrected chi connectivity index (χ2v) is 9.09. The van der Waals surface area contributed by atoms with E-state index in [1.165, 1.54) is 16.5 Å². The summed E-state index contributed by atoms with van der Waals surface area (Å²) in [5.41, 5.74) is 10.0. The summed E-state index contributed by atoms with van der Waals surface area (Å²) in [7, 11) is 0. The molecule has 0 N–H and O–H groups in total. The molecule has 2 heteroatoms. The third-order valence-electron chi connectivity index (χ3n) is 6.62. The molecular weight excluding hydrogens is 472 g/mol. The predicted molar refractivity (Wildman–Crippen MR) is 179 cm³/mol. The summed E-state index contributed by atoms with van der Waals surface area (Å²) in [5.74, 6) is 0. The van der Waals surface area contributed by atoms with E-state index >= 15 is 0 Å². The van der Waals surface area contributed by atoms with Gasteiger partial charge < -0.3 is 9.13 Å². The molecule has 0 atom stereocenters. The predicted octanol–water partition coefficient (Wildman–Crippen LogP) is 11.2. The first-order valence-electron chi connectivity index (χ1n) is 13.8. The molecule has 0 aliphatic carbocycles. The van der Waals surface area contributed by atoms with Crippen LogP contribution in [0.15, 0.2) is 86.0 Å². The van der Waals surface area contributed by atoms with E-state index in [0.29, 0.717) is 0 Å². The Hall–Kier alpha value is -4.30. The topological polar surface area (TPSA) is 9.86 Å². The zero-order valence-electron chi connectivity index (χ0n) is 24.4. The van der Waals surface area contributed by atoms with Crippen LogP contribution in [-0.2, 0) is 0 Å². The van der Waals surface area contributed by atoms with Crippen LogP contribution in [0.5, 0.6) is 0 Å². The molecule has 0 unspecified atom stereocenters. The van der Waals surface area contributed by atoms with E-state index in [-0.39, 0.29) is 0 Å². The lowest BCUT2D eigenvalue weighted by Crippen LogP contribution is -2.04. The van der Waals surface area contributed by atoms with Crippen molar-refractivity contribution in [3.05, 3.63) is 120 Å². The van der Waals surface area contributed by atoms with Crippen molar-refractivity contribution in [1.82, 2.24) is 9.13 Å². The van der Waals surface area contributed by atoms with E-state index in [0.717, 1.165) is 46.0 Å². The number of allylic oxidation sites excluding steroid dienone is 10. The van der Waals surface area contributed by atoms with Gasteiger partial charge in [-0.3, -0.25) is 0 Å². The highest BCUT2D eigenvalue weighted by Crippen LogP contribution is 2.35. The second kappa shape index (κ2) is 14.0. The summed E-state index contributed by atoms with van der Waals surface area (Å²) in [4.78, 5) is 0. The van der Waals surface area contributed by atoms with Crippen LogP contribution in [0.25, 0.3) is 58.8 Å². The lowest BCUT2D eigenvalue weighted by Gasteiger charge is -2.16. The third kappa shape index (κ3) is 5.76. The number of nitrogens with zero attached hydrogens (tertiary/aromatic N) is 2. The van der Waals surface area contributed by atoms with Gasteiger partial charge in [0.25, 0.3) is 0 Å². The average Bonchev–Trinajstić information content (AvgIpc) is 3.41. The van der Waals surface area contributed by atoms with E-state index in [9.17, 15) is 0 Å². The van der Waals surface area contributed by atoms with Crippen molar-refractivity contribution in [3.8, 4) is 0 Å². The molecule has 0 bridgehead atoms. The number of hydrogen-bond acceptors (Lipinski definition) is 0. The number of fused-ring (bicyclic) bond motifs is 1. The Kier molecular flexibility index (Phi) is 10.5. The molecule has 1 aromatic carbocycles. The molecule has 3 aromatic rings. The SMILES string of the molecule is C=C/C(=C\C(=C/C)n1c(/C=C\C)c(/C=C\CC)c2ccccc21)n1c(/C=C\C)c(C=C)c(/C=C\C)c1/C=C\C. The number of benzene rings is 1. The Bertz CT molecular complexity index is 1550. The van der Waals surface area contributed by atoms with Crippen molar-refractivity contribution >= 4 is 58.8 Å². The lowest BCUT2D eigenvalue weighted by atomic mass is 10.1. The Labute approximate surface area is 235 Å². The largest absolute Gasteiger partial charge is 0.310 e. The Morgan fingerprint density at radius 2 is 1.28 bits per heavy atom. The summed E-state index contributed by atoms with van der Waals surface area (Å²) >= 11 is 0. The fourth-order valence-corrected chi connectivity index (χ4v) is 5.06. The van der Waals surface area contributed by atoms with Crippen LogP contribution in [0.3, 0.4) is 0 Å². The third-order valence-corrected chi connectivity index (χ3v) is 6.62. The summed E-state index contributed by atoms with van der Waals surface area (Å²) in [6.07, 6.45) is 30.8. The van der Waals surface area contributed by atoms with Crippen LogP contribution in [0.1, 0.15) is 81.7 Å². The van der Waals surface area contributed by atoms with Gasteiger partial charge in [0.05, 0.1) is 22.6 Å². The van der Waals surface area contributed by atoms with Crippen LogP contribution < -0.4 is 0 Å². The molecule has 3 rings (SSSR count). The van der Waals surface area contributed by atoms with Crippen molar-refractivity contribution in [3.63, 3.8) is 0 Å². The second-order valence-electron chi connectivity index (χ2n) is 9.09. The van der Waals surface area contributed by atoms with Gasteiger partial charge in [-0.25, -0.2) is 0 Å². The van der Waals surface area contributed by atoms with Crippen LogP contribution in [0.2, 0.25) is 0 Å². The van der Waals surface area contributed by atoms with E-state index in [1.807, 2.05) is 26.0 Å². The molecule has 0 amide bonds. The zero-order chi connectivity index (χ0) is 28.4. The molecule has 0 saturated heterocycles. The molecule has 0 saturated carbocycles. The Morgan fingerprint density at radius 1 is 0.692 bits per heavy atom. The van der Waals surface area contributed by atoms with Crippen LogP contribution in [-0.4, -0.2) is 9.13 Å². The molecule has 0 fully saturated rings. The van der Waals surface area contributed by atoms with Gasteiger partial charge in [-0.2, -0.15) is 0 Å². The van der Waals surface area contributed by atoms with Gasteiger partial charge in [0.15, 0.2) is 0 Å². The average molecular weight is 515 g/mol. The minimum atomic E-state index is 0.984. The molecule has 0 aliphatic rings. The quantitative estimate of drug-likeness (QED) is 0.225. The van der Waals surface area contributed by atoms with Crippen LogP contribution in [0, 0.1) is 0 Å². The fraction of sp³-hybridized carbons (Fsp3) is 0.189. The highest BCUT2D eigenvalue weighted by Gasteiger charge is 2.20. The maximum Gasteiger partial charge on any atom is 0.0540 e. The first-order valence-corrected chi connectivity index (χ1v) is 13.8. The molecule has 200 valence electrons. The van der Waals surface area contributed by atoms with Crippen molar-refractivity contribution in [2.45, 2.75) is 48.0 Å². The van der Waals surface area contributed by atoms with Gasteiger partial charge >= 0.3 is 0 Å². The van der Waals surface area contributed by atoms with E-state index in [2.05, 4.69) is 147 Å².